The predicted octanol–water partition coefficient (Wildman–Crippen LogP) is 3.12. The fourth-order valence-corrected chi connectivity index (χ4v) is 2.59. The van der Waals surface area contributed by atoms with E-state index in [1.54, 1.807) is 30.0 Å². The SMILES string of the molecule is CCN(Cc1cccc(NC(=O)CC(O)c2ccccc2)c1)C(C)=O. The highest BCUT2D eigenvalue weighted by atomic mass is 16.3. The molecule has 0 aliphatic rings. The van der Waals surface area contributed by atoms with Gasteiger partial charge in [-0.25, -0.2) is 0 Å². The molecule has 2 aromatic carbocycles. The molecule has 0 bridgehead atoms. The first-order valence-corrected chi connectivity index (χ1v) is 8.37. The normalized spacial score (nSPS) is 11.6. The van der Waals surface area contributed by atoms with Gasteiger partial charge in [-0.15, -0.1) is 0 Å². The predicted molar refractivity (Wildman–Crippen MR) is 97.9 cm³/mol. The third-order valence-corrected chi connectivity index (χ3v) is 3.97. The van der Waals surface area contributed by atoms with Crippen molar-refractivity contribution in [1.29, 1.82) is 0 Å². The van der Waals surface area contributed by atoms with E-state index in [0.29, 0.717) is 24.3 Å². The Morgan fingerprint density at radius 3 is 2.48 bits per heavy atom. The van der Waals surface area contributed by atoms with E-state index in [1.165, 1.54) is 0 Å². The summed E-state index contributed by atoms with van der Waals surface area (Å²) in [6.07, 6.45) is -0.847. The van der Waals surface area contributed by atoms with E-state index in [9.17, 15) is 14.7 Å². The number of hydrogen-bond donors (Lipinski definition) is 2. The van der Waals surface area contributed by atoms with Crippen molar-refractivity contribution in [2.24, 2.45) is 0 Å². The zero-order chi connectivity index (χ0) is 18.2. The van der Waals surface area contributed by atoms with Gasteiger partial charge in [0.25, 0.3) is 0 Å². The Morgan fingerprint density at radius 2 is 1.84 bits per heavy atom. The Morgan fingerprint density at radius 1 is 1.12 bits per heavy atom. The fraction of sp³-hybridized carbons (Fsp3) is 0.300. The molecule has 5 nitrogen and oxygen atoms in total. The lowest BCUT2D eigenvalue weighted by Gasteiger charge is -2.19. The second-order valence-corrected chi connectivity index (χ2v) is 5.91. The van der Waals surface area contributed by atoms with E-state index in [-0.39, 0.29) is 18.2 Å². The summed E-state index contributed by atoms with van der Waals surface area (Å²) in [5, 5.41) is 12.9. The van der Waals surface area contributed by atoms with Crippen LogP contribution in [0.2, 0.25) is 0 Å². The highest BCUT2D eigenvalue weighted by Gasteiger charge is 2.13. The van der Waals surface area contributed by atoms with Crippen LogP contribution < -0.4 is 5.32 Å². The second kappa shape index (κ2) is 8.99. The first kappa shape index (κ1) is 18.7. The van der Waals surface area contributed by atoms with Crippen molar-refractivity contribution in [3.63, 3.8) is 0 Å². The molecule has 0 saturated carbocycles. The Labute approximate surface area is 148 Å². The number of carbonyl (C=O) groups excluding carboxylic acids is 2. The monoisotopic (exact) mass is 340 g/mol. The molecule has 0 spiro atoms. The number of nitrogens with zero attached hydrogens (tertiary/aromatic N) is 1. The fourth-order valence-electron chi connectivity index (χ4n) is 2.59. The third kappa shape index (κ3) is 5.72. The highest BCUT2D eigenvalue weighted by molar-refractivity contribution is 5.91. The van der Waals surface area contributed by atoms with E-state index in [4.69, 9.17) is 0 Å². The van der Waals surface area contributed by atoms with Gasteiger partial charge in [-0.05, 0) is 30.2 Å². The van der Waals surface area contributed by atoms with Crippen molar-refractivity contribution < 1.29 is 14.7 Å². The third-order valence-electron chi connectivity index (χ3n) is 3.97. The van der Waals surface area contributed by atoms with Crippen LogP contribution >= 0.6 is 0 Å². The number of benzene rings is 2. The van der Waals surface area contributed by atoms with Gasteiger partial charge in [0.15, 0.2) is 0 Å². The van der Waals surface area contributed by atoms with Crippen LogP contribution in [-0.4, -0.2) is 28.4 Å². The topological polar surface area (TPSA) is 69.6 Å². The lowest BCUT2D eigenvalue weighted by Crippen LogP contribution is -2.27. The van der Waals surface area contributed by atoms with Crippen molar-refractivity contribution in [3.8, 4) is 0 Å². The van der Waals surface area contributed by atoms with E-state index in [2.05, 4.69) is 5.32 Å². The molecule has 2 N–H and O–H groups in total. The van der Waals surface area contributed by atoms with Crippen LogP contribution in [0.3, 0.4) is 0 Å². The van der Waals surface area contributed by atoms with E-state index in [1.807, 2.05) is 43.3 Å². The second-order valence-electron chi connectivity index (χ2n) is 5.91. The molecule has 132 valence electrons. The molecule has 2 amide bonds. The van der Waals surface area contributed by atoms with Crippen LogP contribution in [0.25, 0.3) is 0 Å². The number of aliphatic hydroxyl groups excluding tert-OH is 1. The largest absolute Gasteiger partial charge is 0.388 e. The number of rotatable bonds is 7. The maximum absolute atomic E-state index is 12.2. The Bertz CT molecular complexity index is 716. The van der Waals surface area contributed by atoms with Gasteiger partial charge in [-0.3, -0.25) is 9.59 Å². The smallest absolute Gasteiger partial charge is 0.227 e. The lowest BCUT2D eigenvalue weighted by atomic mass is 10.1. The van der Waals surface area contributed by atoms with Gasteiger partial charge in [0.1, 0.15) is 0 Å². The summed E-state index contributed by atoms with van der Waals surface area (Å²) >= 11 is 0. The minimum Gasteiger partial charge on any atom is -0.388 e. The summed E-state index contributed by atoms with van der Waals surface area (Å²) < 4.78 is 0. The molecule has 2 aromatic rings. The average molecular weight is 340 g/mol. The number of carbonyl (C=O) groups is 2. The zero-order valence-electron chi connectivity index (χ0n) is 14.6. The van der Waals surface area contributed by atoms with Crippen molar-refractivity contribution in [2.75, 3.05) is 11.9 Å². The lowest BCUT2D eigenvalue weighted by molar-refractivity contribution is -0.129. The molecule has 0 aromatic heterocycles. The number of hydrogen-bond acceptors (Lipinski definition) is 3. The molecule has 25 heavy (non-hydrogen) atoms. The molecule has 1 unspecified atom stereocenters. The summed E-state index contributed by atoms with van der Waals surface area (Å²) in [5.41, 5.74) is 2.31. The molecule has 5 heteroatoms. The average Bonchev–Trinajstić information content (AvgIpc) is 2.60. The molecule has 0 heterocycles. The first-order chi connectivity index (χ1) is 12.0. The molecular weight excluding hydrogens is 316 g/mol. The molecule has 0 aliphatic heterocycles. The quantitative estimate of drug-likeness (QED) is 0.814. The Hall–Kier alpha value is -2.66. The van der Waals surface area contributed by atoms with E-state index >= 15 is 0 Å². The maximum atomic E-state index is 12.2. The Balaban J connectivity index is 1.97. The van der Waals surface area contributed by atoms with Crippen molar-refractivity contribution in [1.82, 2.24) is 4.90 Å². The van der Waals surface area contributed by atoms with Crippen molar-refractivity contribution in [3.05, 3.63) is 65.7 Å². The molecule has 2 rings (SSSR count). The summed E-state index contributed by atoms with van der Waals surface area (Å²) in [5.74, 6) is -0.240. The van der Waals surface area contributed by atoms with Crippen LogP contribution in [-0.2, 0) is 16.1 Å². The standard InChI is InChI=1S/C20H24N2O3/c1-3-22(15(2)23)14-16-8-7-11-18(12-16)21-20(25)13-19(24)17-9-5-4-6-10-17/h4-12,19,24H,3,13-14H2,1-2H3,(H,21,25). The zero-order valence-corrected chi connectivity index (χ0v) is 14.6. The minimum absolute atomic E-state index is 0.0111. The molecule has 1 atom stereocenters. The van der Waals surface area contributed by atoms with Crippen molar-refractivity contribution in [2.45, 2.75) is 32.9 Å². The number of nitrogens with one attached hydrogen (secondary N) is 1. The van der Waals surface area contributed by atoms with E-state index in [0.717, 1.165) is 5.56 Å². The van der Waals surface area contributed by atoms with Gasteiger partial charge in [-0.1, -0.05) is 42.5 Å². The van der Waals surface area contributed by atoms with Gasteiger partial charge < -0.3 is 15.3 Å². The first-order valence-electron chi connectivity index (χ1n) is 8.37. The molecule has 0 saturated heterocycles. The van der Waals surface area contributed by atoms with Gasteiger partial charge in [-0.2, -0.15) is 0 Å². The molecule has 0 aliphatic carbocycles. The maximum Gasteiger partial charge on any atom is 0.227 e. The summed E-state index contributed by atoms with van der Waals surface area (Å²) in [6.45, 7) is 4.61. The van der Waals surface area contributed by atoms with Crippen LogP contribution in [0.15, 0.2) is 54.6 Å². The molecular formula is C20H24N2O3. The Kier molecular flexibility index (Phi) is 6.71. The molecule has 0 fully saturated rings. The highest BCUT2D eigenvalue weighted by Crippen LogP contribution is 2.18. The van der Waals surface area contributed by atoms with E-state index < -0.39 is 6.10 Å². The van der Waals surface area contributed by atoms with Gasteiger partial charge in [0, 0.05) is 25.7 Å². The van der Waals surface area contributed by atoms with Crippen LogP contribution in [0, 0.1) is 0 Å². The van der Waals surface area contributed by atoms with Crippen LogP contribution in [0.1, 0.15) is 37.5 Å². The summed E-state index contributed by atoms with van der Waals surface area (Å²) in [7, 11) is 0. The van der Waals surface area contributed by atoms with Crippen LogP contribution in [0.4, 0.5) is 5.69 Å². The number of anilines is 1. The van der Waals surface area contributed by atoms with Crippen LogP contribution in [0.5, 0.6) is 0 Å². The summed E-state index contributed by atoms with van der Waals surface area (Å²) in [6, 6.07) is 16.5. The van der Waals surface area contributed by atoms with Gasteiger partial charge in [0.05, 0.1) is 12.5 Å². The van der Waals surface area contributed by atoms with Crippen molar-refractivity contribution >= 4 is 17.5 Å². The number of amides is 2. The number of aliphatic hydroxyl groups is 1. The molecule has 0 radical (unpaired) electrons. The minimum atomic E-state index is -0.835. The van der Waals surface area contributed by atoms with Gasteiger partial charge in [0.2, 0.25) is 11.8 Å². The van der Waals surface area contributed by atoms with Gasteiger partial charge >= 0.3 is 0 Å². The summed E-state index contributed by atoms with van der Waals surface area (Å²) in [4.78, 5) is 25.4.